The minimum Gasteiger partial charge on any atom is -0.504 e. The van der Waals surface area contributed by atoms with E-state index >= 15 is 0 Å². The number of halogens is 1. The monoisotopic (exact) mass is 735 g/mol. The number of carbonyl (C=O) groups is 4. The molecule has 1 fully saturated rings. The zero-order chi connectivity index (χ0) is 35.4. The van der Waals surface area contributed by atoms with E-state index in [0.717, 1.165) is 16.7 Å². The minimum absolute atomic E-state index is 0.144. The van der Waals surface area contributed by atoms with Crippen LogP contribution in [0.2, 0.25) is 0 Å². The van der Waals surface area contributed by atoms with Crippen LogP contribution in [0.5, 0.6) is 23.0 Å². The molecule has 2 amide bonds. The molecule has 10 heteroatoms. The Bertz CT molecular complexity index is 2110. The lowest BCUT2D eigenvalue weighted by molar-refractivity contribution is -0.123. The summed E-state index contributed by atoms with van der Waals surface area (Å²) in [7, 11) is 4.63. The van der Waals surface area contributed by atoms with E-state index in [2.05, 4.69) is 15.9 Å². The second-order valence-electron chi connectivity index (χ2n) is 12.8. The van der Waals surface area contributed by atoms with Crippen LogP contribution in [0.4, 0.5) is 5.69 Å². The predicted molar refractivity (Wildman–Crippen MR) is 191 cm³/mol. The number of benzene rings is 3. The Labute approximate surface area is 297 Å². The van der Waals surface area contributed by atoms with Gasteiger partial charge in [-0.15, -0.1) is 0 Å². The van der Waals surface area contributed by atoms with Gasteiger partial charge in [-0.25, -0.2) is 0 Å². The molecule has 1 saturated heterocycles. The van der Waals surface area contributed by atoms with Crippen molar-refractivity contribution in [1.82, 2.24) is 0 Å². The molecule has 4 atom stereocenters. The van der Waals surface area contributed by atoms with Gasteiger partial charge in [-0.3, -0.25) is 24.1 Å². The highest BCUT2D eigenvalue weighted by atomic mass is 79.9. The number of ether oxygens (including phenoxy) is 3. The number of methoxy groups -OCH3 is 3. The number of ketones is 2. The summed E-state index contributed by atoms with van der Waals surface area (Å²) in [5.41, 5.74) is 4.19. The van der Waals surface area contributed by atoms with Crippen molar-refractivity contribution < 1.29 is 38.5 Å². The maximum absolute atomic E-state index is 14.3. The predicted octanol–water partition coefficient (Wildman–Crippen LogP) is 6.99. The second kappa shape index (κ2) is 12.9. The molecule has 1 aliphatic heterocycles. The first-order valence-corrected chi connectivity index (χ1v) is 17.0. The molecule has 4 aliphatic rings. The van der Waals surface area contributed by atoms with Gasteiger partial charge in [-0.2, -0.15) is 0 Å². The van der Waals surface area contributed by atoms with Gasteiger partial charge in [0.25, 0.3) is 0 Å². The number of carbonyl (C=O) groups excluding carboxylic acids is 4. The zero-order valence-electron chi connectivity index (χ0n) is 27.9. The fraction of sp³-hybridized carbons (Fsp3) is 0.250. The number of amides is 2. The molecular weight excluding hydrogens is 702 g/mol. The summed E-state index contributed by atoms with van der Waals surface area (Å²) in [5, 5.41) is 11.3. The number of imide groups is 1. The zero-order valence-corrected chi connectivity index (χ0v) is 29.4. The van der Waals surface area contributed by atoms with Gasteiger partial charge >= 0.3 is 0 Å². The van der Waals surface area contributed by atoms with Gasteiger partial charge in [-0.1, -0.05) is 51.9 Å². The third-order valence-corrected chi connectivity index (χ3v) is 10.7. The molecule has 50 heavy (non-hydrogen) atoms. The van der Waals surface area contributed by atoms with E-state index in [1.54, 1.807) is 45.4 Å². The van der Waals surface area contributed by atoms with Gasteiger partial charge in [-0.05, 0) is 79.8 Å². The van der Waals surface area contributed by atoms with Crippen molar-refractivity contribution >= 4 is 57.2 Å². The van der Waals surface area contributed by atoms with E-state index < -0.39 is 23.7 Å². The molecule has 0 aromatic heterocycles. The summed E-state index contributed by atoms with van der Waals surface area (Å²) in [5.74, 6) is -2.50. The number of phenolic OH excluding ortho intramolecular Hbond substituents is 1. The van der Waals surface area contributed by atoms with Crippen LogP contribution >= 0.6 is 15.9 Å². The fourth-order valence-electron chi connectivity index (χ4n) is 7.85. The third-order valence-electron chi connectivity index (χ3n) is 10.2. The molecule has 9 nitrogen and oxygen atoms in total. The highest BCUT2D eigenvalue weighted by Gasteiger charge is 2.57. The van der Waals surface area contributed by atoms with Gasteiger partial charge in [0.15, 0.2) is 23.1 Å². The average Bonchev–Trinajstić information content (AvgIpc) is 3.38. The molecular formula is C40H34BrNO8. The Morgan fingerprint density at radius 1 is 0.860 bits per heavy atom. The number of hydrogen-bond donors (Lipinski definition) is 1. The third kappa shape index (κ3) is 5.38. The molecule has 0 bridgehead atoms. The molecule has 3 aliphatic carbocycles. The highest BCUT2D eigenvalue weighted by Crippen LogP contribution is 2.57. The number of fused-ring (bicyclic) bond motifs is 3. The van der Waals surface area contributed by atoms with Gasteiger partial charge in [0.05, 0.1) is 38.9 Å². The molecule has 3 aromatic carbocycles. The number of rotatable bonds is 7. The lowest BCUT2D eigenvalue weighted by Gasteiger charge is -2.42. The van der Waals surface area contributed by atoms with Gasteiger partial charge in [0.2, 0.25) is 11.8 Å². The molecule has 1 N–H and O–H groups in total. The molecule has 0 radical (unpaired) electrons. The fourth-order valence-corrected chi connectivity index (χ4v) is 8.31. The molecule has 3 aromatic rings. The van der Waals surface area contributed by atoms with E-state index in [-0.39, 0.29) is 47.7 Å². The first-order chi connectivity index (χ1) is 24.1. The SMILES string of the molecule is COc1ccc(OC)c(C=Cc2ccc(N3C(=O)[C@H]4[C@H](CC=C5[C@H](c6cc(Br)cc(OC)c6O)C6=C(C[C@H]54)C(=O)C(C)=CC6=O)C3=O)cc2)c1. The van der Waals surface area contributed by atoms with Crippen molar-refractivity contribution in [2.75, 3.05) is 26.2 Å². The molecule has 0 spiro atoms. The summed E-state index contributed by atoms with van der Waals surface area (Å²) >= 11 is 3.49. The van der Waals surface area contributed by atoms with Crippen LogP contribution < -0.4 is 19.1 Å². The smallest absolute Gasteiger partial charge is 0.238 e. The van der Waals surface area contributed by atoms with Crippen LogP contribution in [0.15, 0.2) is 93.5 Å². The summed E-state index contributed by atoms with van der Waals surface area (Å²) in [6.07, 6.45) is 7.49. The Morgan fingerprint density at radius 2 is 1.60 bits per heavy atom. The lowest BCUT2D eigenvalue weighted by Crippen LogP contribution is -2.39. The molecule has 1 heterocycles. The van der Waals surface area contributed by atoms with Crippen LogP contribution in [-0.2, 0) is 19.2 Å². The molecule has 0 saturated carbocycles. The summed E-state index contributed by atoms with van der Waals surface area (Å²) in [6, 6.07) is 16.0. The van der Waals surface area contributed by atoms with Crippen LogP contribution in [-0.4, -0.2) is 49.8 Å². The topological polar surface area (TPSA) is 119 Å². The van der Waals surface area contributed by atoms with Gasteiger partial charge in [0, 0.05) is 38.2 Å². The standard InChI is InChI=1S/C40H34BrNO8/c1-20-15-31(43)36-30(37(20)44)19-28-26(34(36)29-17-23(41)18-33(50-4)38(29)45)12-13-27-35(28)40(47)42(39(27)46)24-9-6-21(7-10-24)5-8-22-16-25(48-2)11-14-32(22)49-3/h5-12,14-18,27-28,34-35,45H,13,19H2,1-4H3/t27-,28+,34+,35-/m0/s1. The van der Waals surface area contributed by atoms with E-state index in [9.17, 15) is 24.3 Å². The van der Waals surface area contributed by atoms with Crippen molar-refractivity contribution in [3.05, 3.63) is 110 Å². The highest BCUT2D eigenvalue weighted by molar-refractivity contribution is 9.10. The quantitative estimate of drug-likeness (QED) is 0.119. The van der Waals surface area contributed by atoms with Crippen LogP contribution in [0.3, 0.4) is 0 Å². The van der Waals surface area contributed by atoms with Crippen molar-refractivity contribution in [3.8, 4) is 23.0 Å². The number of phenols is 1. The Balaban J connectivity index is 1.23. The first kappa shape index (κ1) is 33.3. The summed E-state index contributed by atoms with van der Waals surface area (Å²) < 4.78 is 16.9. The number of nitrogens with zero attached hydrogens (tertiary/aromatic N) is 1. The van der Waals surface area contributed by atoms with Crippen molar-refractivity contribution in [3.63, 3.8) is 0 Å². The lowest BCUT2D eigenvalue weighted by atomic mass is 9.59. The van der Waals surface area contributed by atoms with Crippen LogP contribution in [0.1, 0.15) is 42.4 Å². The van der Waals surface area contributed by atoms with E-state index in [4.69, 9.17) is 14.2 Å². The molecule has 7 rings (SSSR count). The number of Topliss-reactive ketones (excluding diaryl/α,β-unsaturated/α-hetero) is 1. The largest absolute Gasteiger partial charge is 0.504 e. The summed E-state index contributed by atoms with van der Waals surface area (Å²) in [4.78, 5) is 56.8. The van der Waals surface area contributed by atoms with Crippen molar-refractivity contribution in [2.45, 2.75) is 25.7 Å². The molecule has 254 valence electrons. The van der Waals surface area contributed by atoms with Crippen LogP contribution in [0, 0.1) is 17.8 Å². The number of aromatic hydroxyl groups is 1. The van der Waals surface area contributed by atoms with Crippen molar-refractivity contribution in [1.29, 1.82) is 0 Å². The number of allylic oxidation sites excluding steroid dienone is 6. The summed E-state index contributed by atoms with van der Waals surface area (Å²) in [6.45, 7) is 1.60. The average molecular weight is 737 g/mol. The number of anilines is 1. The van der Waals surface area contributed by atoms with E-state index in [1.807, 2.05) is 48.6 Å². The van der Waals surface area contributed by atoms with E-state index in [1.165, 1.54) is 18.1 Å². The van der Waals surface area contributed by atoms with Crippen LogP contribution in [0.25, 0.3) is 12.2 Å². The maximum Gasteiger partial charge on any atom is 0.238 e. The van der Waals surface area contributed by atoms with Gasteiger partial charge in [0.1, 0.15) is 11.5 Å². The Kier molecular flexibility index (Phi) is 8.59. The van der Waals surface area contributed by atoms with Gasteiger partial charge < -0.3 is 19.3 Å². The minimum atomic E-state index is -0.803. The maximum atomic E-state index is 14.3. The Morgan fingerprint density at radius 3 is 2.30 bits per heavy atom. The van der Waals surface area contributed by atoms with Crippen molar-refractivity contribution in [2.24, 2.45) is 17.8 Å². The first-order valence-electron chi connectivity index (χ1n) is 16.2. The number of hydrogen-bond acceptors (Lipinski definition) is 8. The Hall–Kier alpha value is -5.22. The normalized spacial score (nSPS) is 23.0. The molecule has 0 unspecified atom stereocenters. The second-order valence-corrected chi connectivity index (χ2v) is 13.7. The van der Waals surface area contributed by atoms with E-state index in [0.29, 0.717) is 43.9 Å².